The molecule has 1 aliphatic carbocycles. The van der Waals surface area contributed by atoms with Crippen molar-refractivity contribution in [2.24, 2.45) is 16.3 Å². The van der Waals surface area contributed by atoms with Crippen molar-refractivity contribution in [3.05, 3.63) is 35.9 Å². The molecule has 1 saturated heterocycles. The highest BCUT2D eigenvalue weighted by Gasteiger charge is 2.59. The van der Waals surface area contributed by atoms with Crippen molar-refractivity contribution in [3.63, 3.8) is 0 Å². The molecule has 1 saturated carbocycles. The molecule has 4 atom stereocenters. The first-order valence-corrected chi connectivity index (χ1v) is 8.20. The van der Waals surface area contributed by atoms with Crippen LogP contribution in [-0.2, 0) is 4.74 Å². The fourth-order valence-electron chi connectivity index (χ4n) is 3.97. The molecule has 2 aliphatic rings. The number of hydrogen-bond donors (Lipinski definition) is 2. The summed E-state index contributed by atoms with van der Waals surface area (Å²) in [5.74, 6) is 1.49. The van der Waals surface area contributed by atoms with E-state index in [0.29, 0.717) is 18.1 Å². The largest absolute Gasteiger partial charge is 0.377 e. The Kier molecular flexibility index (Phi) is 4.13. The molecule has 0 amide bonds. The number of nitrogens with one attached hydrogen (secondary N) is 2. The number of benzene rings is 1. The van der Waals surface area contributed by atoms with Gasteiger partial charge in [0, 0.05) is 31.0 Å². The van der Waals surface area contributed by atoms with E-state index in [0.717, 1.165) is 19.0 Å². The van der Waals surface area contributed by atoms with Crippen LogP contribution >= 0.6 is 0 Å². The molecular formula is C18H27N3O. The normalized spacial score (nSPS) is 31.1. The van der Waals surface area contributed by atoms with Crippen molar-refractivity contribution >= 4 is 5.96 Å². The molecule has 2 N–H and O–H groups in total. The topological polar surface area (TPSA) is 45.7 Å². The zero-order chi connectivity index (χ0) is 15.7. The fraction of sp³-hybridized carbons (Fsp3) is 0.611. The van der Waals surface area contributed by atoms with E-state index in [1.54, 1.807) is 0 Å². The van der Waals surface area contributed by atoms with Crippen LogP contribution in [0.15, 0.2) is 35.3 Å². The van der Waals surface area contributed by atoms with Crippen LogP contribution in [0.5, 0.6) is 0 Å². The molecule has 1 aliphatic heterocycles. The Morgan fingerprint density at radius 1 is 1.32 bits per heavy atom. The number of hydrogen-bond acceptors (Lipinski definition) is 2. The lowest BCUT2D eigenvalue weighted by atomic mass is 9.57. The second kappa shape index (κ2) is 5.92. The van der Waals surface area contributed by atoms with Crippen LogP contribution in [0, 0.1) is 11.3 Å². The van der Waals surface area contributed by atoms with Gasteiger partial charge in [0.05, 0.1) is 12.1 Å². The Morgan fingerprint density at radius 2 is 2.05 bits per heavy atom. The van der Waals surface area contributed by atoms with Crippen molar-refractivity contribution in [2.45, 2.75) is 45.4 Å². The second-order valence-corrected chi connectivity index (χ2v) is 7.04. The molecule has 1 heterocycles. The SMILES string of the molecule is CN=C(NC(C)c1ccccc1)NC1C2CCOC2C1(C)C. The number of guanidine groups is 1. The third-order valence-electron chi connectivity index (χ3n) is 5.27. The van der Waals surface area contributed by atoms with Crippen molar-refractivity contribution < 1.29 is 4.74 Å². The minimum Gasteiger partial charge on any atom is -0.377 e. The third kappa shape index (κ3) is 2.60. The Labute approximate surface area is 133 Å². The molecule has 4 unspecified atom stereocenters. The van der Waals surface area contributed by atoms with Crippen LogP contribution in [0.25, 0.3) is 0 Å². The quantitative estimate of drug-likeness (QED) is 0.666. The monoisotopic (exact) mass is 301 g/mol. The second-order valence-electron chi connectivity index (χ2n) is 7.04. The number of nitrogens with zero attached hydrogens (tertiary/aromatic N) is 1. The lowest BCUT2D eigenvalue weighted by molar-refractivity contribution is -0.106. The average Bonchev–Trinajstić information content (AvgIpc) is 2.99. The van der Waals surface area contributed by atoms with Crippen molar-refractivity contribution in [3.8, 4) is 0 Å². The van der Waals surface area contributed by atoms with Gasteiger partial charge < -0.3 is 15.4 Å². The van der Waals surface area contributed by atoms with Crippen LogP contribution in [0.1, 0.15) is 38.8 Å². The third-order valence-corrected chi connectivity index (χ3v) is 5.27. The van der Waals surface area contributed by atoms with Crippen molar-refractivity contribution in [1.82, 2.24) is 10.6 Å². The fourth-order valence-corrected chi connectivity index (χ4v) is 3.97. The number of aliphatic imine (C=N–C) groups is 1. The zero-order valence-corrected chi connectivity index (χ0v) is 14.0. The number of ether oxygens (including phenoxy) is 1. The van der Waals surface area contributed by atoms with Gasteiger partial charge in [-0.3, -0.25) is 4.99 Å². The zero-order valence-electron chi connectivity index (χ0n) is 14.0. The summed E-state index contributed by atoms with van der Waals surface area (Å²) in [5.41, 5.74) is 1.43. The Bertz CT molecular complexity index is 541. The molecule has 0 radical (unpaired) electrons. The van der Waals surface area contributed by atoms with Gasteiger partial charge in [0.2, 0.25) is 0 Å². The summed E-state index contributed by atoms with van der Waals surface area (Å²) in [6.45, 7) is 7.62. The molecule has 4 nitrogen and oxygen atoms in total. The molecular weight excluding hydrogens is 274 g/mol. The first-order chi connectivity index (χ1) is 10.5. The molecule has 0 aromatic heterocycles. The van der Waals surface area contributed by atoms with Gasteiger partial charge in [-0.05, 0) is 18.9 Å². The minimum atomic E-state index is 0.161. The van der Waals surface area contributed by atoms with Crippen LogP contribution in [0.4, 0.5) is 0 Å². The van der Waals surface area contributed by atoms with Gasteiger partial charge in [-0.15, -0.1) is 0 Å². The maximum absolute atomic E-state index is 5.86. The number of rotatable bonds is 3. The van der Waals surface area contributed by atoms with Crippen LogP contribution in [0.3, 0.4) is 0 Å². The Hall–Kier alpha value is -1.55. The standard InChI is InChI=1S/C18H27N3O/c1-12(13-8-6-5-7-9-13)20-17(19-4)21-15-14-10-11-22-16(14)18(15,2)3/h5-9,12,14-16H,10-11H2,1-4H3,(H2,19,20,21). The lowest BCUT2D eigenvalue weighted by Crippen LogP contribution is -2.68. The average molecular weight is 301 g/mol. The molecule has 1 aromatic carbocycles. The van der Waals surface area contributed by atoms with E-state index in [2.05, 4.69) is 60.7 Å². The predicted octanol–water partition coefficient (Wildman–Crippen LogP) is 2.73. The van der Waals surface area contributed by atoms with E-state index in [9.17, 15) is 0 Å². The predicted molar refractivity (Wildman–Crippen MR) is 89.9 cm³/mol. The van der Waals surface area contributed by atoms with Crippen LogP contribution in [-0.4, -0.2) is 31.8 Å². The molecule has 0 spiro atoms. The first kappa shape index (κ1) is 15.3. The van der Waals surface area contributed by atoms with Gasteiger partial charge in [-0.2, -0.15) is 0 Å². The van der Waals surface area contributed by atoms with Gasteiger partial charge in [-0.1, -0.05) is 44.2 Å². The van der Waals surface area contributed by atoms with E-state index in [4.69, 9.17) is 4.74 Å². The smallest absolute Gasteiger partial charge is 0.191 e. The molecule has 3 rings (SSSR count). The molecule has 1 aromatic rings. The summed E-state index contributed by atoms with van der Waals surface area (Å²) in [4.78, 5) is 4.41. The summed E-state index contributed by atoms with van der Waals surface area (Å²) in [6, 6.07) is 11.1. The first-order valence-electron chi connectivity index (χ1n) is 8.20. The highest BCUT2D eigenvalue weighted by molar-refractivity contribution is 5.80. The molecule has 0 bridgehead atoms. The summed E-state index contributed by atoms with van der Waals surface area (Å²) >= 11 is 0. The molecule has 120 valence electrons. The van der Waals surface area contributed by atoms with E-state index in [1.165, 1.54) is 5.56 Å². The van der Waals surface area contributed by atoms with Crippen LogP contribution < -0.4 is 10.6 Å². The van der Waals surface area contributed by atoms with Gasteiger partial charge >= 0.3 is 0 Å². The minimum absolute atomic E-state index is 0.161. The van der Waals surface area contributed by atoms with E-state index in [1.807, 2.05) is 13.1 Å². The van der Waals surface area contributed by atoms with Crippen LogP contribution in [0.2, 0.25) is 0 Å². The molecule has 22 heavy (non-hydrogen) atoms. The summed E-state index contributed by atoms with van der Waals surface area (Å²) in [6.07, 6.45) is 1.55. The van der Waals surface area contributed by atoms with E-state index < -0.39 is 0 Å². The van der Waals surface area contributed by atoms with Crippen molar-refractivity contribution in [2.75, 3.05) is 13.7 Å². The van der Waals surface area contributed by atoms with Gasteiger partial charge in [-0.25, -0.2) is 0 Å². The molecule has 4 heteroatoms. The summed E-state index contributed by atoms with van der Waals surface area (Å²) < 4.78 is 5.86. The van der Waals surface area contributed by atoms with E-state index in [-0.39, 0.29) is 11.5 Å². The Balaban J connectivity index is 1.63. The highest BCUT2D eigenvalue weighted by Crippen LogP contribution is 2.52. The van der Waals surface area contributed by atoms with Gasteiger partial charge in [0.1, 0.15) is 0 Å². The number of fused-ring (bicyclic) bond motifs is 1. The Morgan fingerprint density at radius 3 is 2.73 bits per heavy atom. The lowest BCUT2D eigenvalue weighted by Gasteiger charge is -2.55. The van der Waals surface area contributed by atoms with E-state index >= 15 is 0 Å². The summed E-state index contributed by atoms with van der Waals surface area (Å²) in [5, 5.41) is 7.12. The van der Waals surface area contributed by atoms with Gasteiger partial charge in [0.15, 0.2) is 5.96 Å². The summed E-state index contributed by atoms with van der Waals surface area (Å²) in [7, 11) is 1.83. The maximum atomic E-state index is 5.86. The van der Waals surface area contributed by atoms with Gasteiger partial charge in [0.25, 0.3) is 0 Å². The highest BCUT2D eigenvalue weighted by atomic mass is 16.5. The maximum Gasteiger partial charge on any atom is 0.191 e. The van der Waals surface area contributed by atoms with Crippen molar-refractivity contribution in [1.29, 1.82) is 0 Å². The molecule has 2 fully saturated rings.